The molecule has 1 aromatic heterocycles. The van der Waals surface area contributed by atoms with Crippen molar-refractivity contribution >= 4 is 16.7 Å². The van der Waals surface area contributed by atoms with E-state index in [9.17, 15) is 9.18 Å². The van der Waals surface area contributed by atoms with Crippen LogP contribution in [0.5, 0.6) is 5.75 Å². The molecule has 3 heterocycles. The highest BCUT2D eigenvalue weighted by atomic mass is 19.1. The molecule has 2 aliphatic heterocycles. The SMILES string of the molecule is CN[C@@H]1C[C@H](F)CN1C(=O)CN1CCC(Oc2cccc3cnccc23)CC1. The fourth-order valence-corrected chi connectivity index (χ4v) is 4.18. The summed E-state index contributed by atoms with van der Waals surface area (Å²) in [6, 6.07) is 7.99. The van der Waals surface area contributed by atoms with Crippen LogP contribution in [-0.2, 0) is 4.79 Å². The first-order valence-electron chi connectivity index (χ1n) is 9.96. The highest BCUT2D eigenvalue weighted by Gasteiger charge is 2.35. The second-order valence-corrected chi connectivity index (χ2v) is 7.63. The van der Waals surface area contributed by atoms with Gasteiger partial charge in [-0.3, -0.25) is 14.7 Å². The van der Waals surface area contributed by atoms with Crippen molar-refractivity contribution in [2.45, 2.75) is 37.7 Å². The number of pyridine rings is 1. The molecule has 2 aliphatic rings. The lowest BCUT2D eigenvalue weighted by Crippen LogP contribution is -2.49. The summed E-state index contributed by atoms with van der Waals surface area (Å²) in [5, 5.41) is 5.17. The Morgan fingerprint density at radius 3 is 2.93 bits per heavy atom. The average Bonchev–Trinajstić information content (AvgIpc) is 3.11. The standard InChI is InChI=1S/C21H27FN4O2/c1-23-20-11-16(22)13-26(20)21(27)14-25-9-6-17(7-10-25)28-19-4-2-3-15-12-24-8-5-18(15)19/h2-5,8,12,16-17,20,23H,6-7,9-11,13-14H2,1H3/t16-,20-/m0/s1. The van der Waals surface area contributed by atoms with Crippen molar-refractivity contribution in [3.05, 3.63) is 36.7 Å². The third-order valence-corrected chi connectivity index (χ3v) is 5.73. The third kappa shape index (κ3) is 4.10. The van der Waals surface area contributed by atoms with E-state index in [2.05, 4.69) is 15.2 Å². The van der Waals surface area contributed by atoms with Gasteiger partial charge in [-0.25, -0.2) is 4.39 Å². The summed E-state index contributed by atoms with van der Waals surface area (Å²) in [6.07, 6.45) is 4.75. The minimum absolute atomic E-state index is 0.000391. The number of fused-ring (bicyclic) bond motifs is 1. The minimum atomic E-state index is -0.934. The molecule has 0 aliphatic carbocycles. The summed E-state index contributed by atoms with van der Waals surface area (Å²) in [7, 11) is 1.77. The average molecular weight is 386 g/mol. The number of benzene rings is 1. The van der Waals surface area contributed by atoms with E-state index in [0.29, 0.717) is 13.0 Å². The van der Waals surface area contributed by atoms with E-state index in [-0.39, 0.29) is 24.7 Å². The molecule has 0 bridgehead atoms. The van der Waals surface area contributed by atoms with Crippen molar-refractivity contribution in [2.75, 3.05) is 33.2 Å². The Bertz CT molecular complexity index is 820. The number of nitrogens with zero attached hydrogens (tertiary/aromatic N) is 3. The molecule has 2 atom stereocenters. The summed E-state index contributed by atoms with van der Waals surface area (Å²) >= 11 is 0. The number of likely N-dealkylation sites (tertiary alicyclic amines) is 2. The van der Waals surface area contributed by atoms with Gasteiger partial charge in [-0.1, -0.05) is 12.1 Å². The lowest BCUT2D eigenvalue weighted by atomic mass is 10.1. The van der Waals surface area contributed by atoms with Gasteiger partial charge >= 0.3 is 0 Å². The van der Waals surface area contributed by atoms with E-state index >= 15 is 0 Å². The van der Waals surface area contributed by atoms with Crippen LogP contribution in [0.4, 0.5) is 4.39 Å². The number of halogens is 1. The van der Waals surface area contributed by atoms with Gasteiger partial charge in [0.25, 0.3) is 0 Å². The number of ether oxygens (including phenoxy) is 1. The molecule has 1 N–H and O–H groups in total. The van der Waals surface area contributed by atoms with Crippen molar-refractivity contribution in [1.82, 2.24) is 20.1 Å². The molecule has 0 spiro atoms. The molecule has 1 amide bonds. The molecule has 150 valence electrons. The molecule has 4 rings (SSSR count). The molecule has 7 heteroatoms. The number of hydrogen-bond acceptors (Lipinski definition) is 5. The largest absolute Gasteiger partial charge is 0.490 e. The minimum Gasteiger partial charge on any atom is -0.490 e. The zero-order valence-corrected chi connectivity index (χ0v) is 16.2. The Labute approximate surface area is 164 Å². The normalized spacial score (nSPS) is 24.0. The van der Waals surface area contributed by atoms with Gasteiger partial charge in [-0.2, -0.15) is 0 Å². The molecule has 28 heavy (non-hydrogen) atoms. The van der Waals surface area contributed by atoms with Gasteiger partial charge in [0.2, 0.25) is 5.91 Å². The van der Waals surface area contributed by atoms with E-state index in [1.54, 1.807) is 18.1 Å². The topological polar surface area (TPSA) is 57.7 Å². The van der Waals surface area contributed by atoms with Crippen LogP contribution in [-0.4, -0.2) is 72.4 Å². The number of aromatic nitrogens is 1. The molecule has 0 unspecified atom stereocenters. The highest BCUT2D eigenvalue weighted by molar-refractivity contribution is 5.87. The van der Waals surface area contributed by atoms with Gasteiger partial charge in [0.1, 0.15) is 18.0 Å². The number of amides is 1. The van der Waals surface area contributed by atoms with Crippen LogP contribution in [0.2, 0.25) is 0 Å². The van der Waals surface area contributed by atoms with Gasteiger partial charge in [-0.05, 0) is 32.0 Å². The summed E-state index contributed by atoms with van der Waals surface area (Å²) in [4.78, 5) is 20.5. The van der Waals surface area contributed by atoms with Crippen LogP contribution in [0.15, 0.2) is 36.7 Å². The van der Waals surface area contributed by atoms with Gasteiger partial charge in [0.15, 0.2) is 0 Å². The van der Waals surface area contributed by atoms with Crippen molar-refractivity contribution in [3.8, 4) is 5.75 Å². The maximum absolute atomic E-state index is 13.7. The fourth-order valence-electron chi connectivity index (χ4n) is 4.18. The van der Waals surface area contributed by atoms with E-state index in [0.717, 1.165) is 42.5 Å². The van der Waals surface area contributed by atoms with Crippen LogP contribution >= 0.6 is 0 Å². The van der Waals surface area contributed by atoms with Crippen LogP contribution in [0.3, 0.4) is 0 Å². The van der Waals surface area contributed by atoms with Gasteiger partial charge in [0.05, 0.1) is 19.3 Å². The van der Waals surface area contributed by atoms with Crippen molar-refractivity contribution in [3.63, 3.8) is 0 Å². The van der Waals surface area contributed by atoms with Gasteiger partial charge < -0.3 is 15.0 Å². The zero-order valence-electron chi connectivity index (χ0n) is 16.2. The van der Waals surface area contributed by atoms with E-state index in [1.807, 2.05) is 30.5 Å². The maximum Gasteiger partial charge on any atom is 0.238 e. The smallest absolute Gasteiger partial charge is 0.238 e. The van der Waals surface area contributed by atoms with Gasteiger partial charge in [-0.15, -0.1) is 0 Å². The predicted molar refractivity (Wildman–Crippen MR) is 106 cm³/mol. The lowest BCUT2D eigenvalue weighted by Gasteiger charge is -2.33. The molecule has 1 aromatic carbocycles. The number of carbonyl (C=O) groups excluding carboxylic acids is 1. The van der Waals surface area contributed by atoms with Crippen molar-refractivity contribution in [1.29, 1.82) is 0 Å². The zero-order chi connectivity index (χ0) is 19.5. The second kappa shape index (κ2) is 8.41. The number of hydrogen-bond donors (Lipinski definition) is 1. The maximum atomic E-state index is 13.7. The first-order chi connectivity index (χ1) is 13.6. The van der Waals surface area contributed by atoms with Crippen LogP contribution < -0.4 is 10.1 Å². The third-order valence-electron chi connectivity index (χ3n) is 5.73. The summed E-state index contributed by atoms with van der Waals surface area (Å²) in [5.74, 6) is 0.887. The van der Waals surface area contributed by atoms with E-state index in [1.165, 1.54) is 0 Å². The Kier molecular flexibility index (Phi) is 5.73. The van der Waals surface area contributed by atoms with Gasteiger partial charge in [0, 0.05) is 42.7 Å². The summed E-state index contributed by atoms with van der Waals surface area (Å²) in [5.41, 5.74) is 0. The Balaban J connectivity index is 1.30. The number of nitrogens with one attached hydrogen (secondary N) is 1. The van der Waals surface area contributed by atoms with E-state index < -0.39 is 6.17 Å². The Hall–Kier alpha value is -2.25. The van der Waals surface area contributed by atoms with Crippen molar-refractivity contribution in [2.24, 2.45) is 0 Å². The molecule has 0 saturated carbocycles. The predicted octanol–water partition coefficient (Wildman–Crippen LogP) is 2.19. The molecule has 2 fully saturated rings. The fraction of sp³-hybridized carbons (Fsp3) is 0.524. The monoisotopic (exact) mass is 386 g/mol. The summed E-state index contributed by atoms with van der Waals surface area (Å²) < 4.78 is 19.9. The van der Waals surface area contributed by atoms with Crippen LogP contribution in [0, 0.1) is 0 Å². The van der Waals surface area contributed by atoms with Crippen LogP contribution in [0.1, 0.15) is 19.3 Å². The Morgan fingerprint density at radius 1 is 1.32 bits per heavy atom. The Morgan fingerprint density at radius 2 is 2.14 bits per heavy atom. The lowest BCUT2D eigenvalue weighted by molar-refractivity contribution is -0.134. The molecule has 0 radical (unpaired) electrons. The molecular formula is C21H27FN4O2. The number of rotatable bonds is 5. The second-order valence-electron chi connectivity index (χ2n) is 7.63. The molecular weight excluding hydrogens is 359 g/mol. The number of carbonyl (C=O) groups is 1. The molecule has 2 aromatic rings. The first-order valence-corrected chi connectivity index (χ1v) is 9.96. The van der Waals surface area contributed by atoms with Crippen LogP contribution in [0.25, 0.3) is 10.8 Å². The summed E-state index contributed by atoms with van der Waals surface area (Å²) in [6.45, 7) is 2.15. The molecule has 2 saturated heterocycles. The van der Waals surface area contributed by atoms with E-state index in [4.69, 9.17) is 4.74 Å². The number of piperidine rings is 1. The molecule has 6 nitrogen and oxygen atoms in total. The van der Waals surface area contributed by atoms with Crippen molar-refractivity contribution < 1.29 is 13.9 Å². The highest BCUT2D eigenvalue weighted by Crippen LogP contribution is 2.27. The first kappa shape index (κ1) is 19.1. The quantitative estimate of drug-likeness (QED) is 0.854. The number of alkyl halides is 1.